The van der Waals surface area contributed by atoms with Gasteiger partial charge in [-0.2, -0.15) is 0 Å². The molecule has 0 saturated carbocycles. The Bertz CT molecular complexity index is 94.4. The lowest BCUT2D eigenvalue weighted by atomic mass is 10.3. The fourth-order valence-electron chi connectivity index (χ4n) is 0.711. The van der Waals surface area contributed by atoms with Gasteiger partial charge < -0.3 is 9.53 Å². The first-order valence-corrected chi connectivity index (χ1v) is 3.45. The maximum absolute atomic E-state index is 10.0. The van der Waals surface area contributed by atoms with Crippen molar-refractivity contribution in [2.75, 3.05) is 6.61 Å². The largest absolute Gasteiger partial charge is 0.370 e. The summed E-state index contributed by atoms with van der Waals surface area (Å²) >= 11 is 3.34. The van der Waals surface area contributed by atoms with Crippen LogP contribution >= 0.6 is 15.9 Å². The molecule has 2 nitrogen and oxygen atoms in total. The van der Waals surface area contributed by atoms with Gasteiger partial charge in [0.05, 0.1) is 6.61 Å². The van der Waals surface area contributed by atoms with E-state index in [1.54, 1.807) is 0 Å². The molecular formula is C5H7BrO2. The normalized spacial score (nSPS) is 37.6. The minimum absolute atomic E-state index is 0.153. The smallest absolute Gasteiger partial charge is 0.148 e. The van der Waals surface area contributed by atoms with E-state index < -0.39 is 0 Å². The van der Waals surface area contributed by atoms with Gasteiger partial charge in [0.25, 0.3) is 0 Å². The highest BCUT2D eigenvalue weighted by Gasteiger charge is 2.21. The van der Waals surface area contributed by atoms with E-state index in [9.17, 15) is 4.79 Å². The van der Waals surface area contributed by atoms with Gasteiger partial charge in [0.2, 0.25) is 0 Å². The van der Waals surface area contributed by atoms with E-state index in [4.69, 9.17) is 4.74 Å². The Kier molecular flexibility index (Phi) is 2.02. The zero-order valence-electron chi connectivity index (χ0n) is 4.34. The van der Waals surface area contributed by atoms with Crippen LogP contribution in [0, 0.1) is 0 Å². The zero-order valence-corrected chi connectivity index (χ0v) is 5.93. The summed E-state index contributed by atoms with van der Waals surface area (Å²) in [7, 11) is 0. The number of ether oxygens (including phenoxy) is 1. The number of hydrogen-bond acceptors (Lipinski definition) is 2. The molecule has 1 saturated heterocycles. The maximum Gasteiger partial charge on any atom is 0.148 e. The van der Waals surface area contributed by atoms with Crippen molar-refractivity contribution in [1.82, 2.24) is 0 Å². The molecule has 0 N–H and O–H groups in total. The molecule has 0 radical (unpaired) electrons. The van der Waals surface area contributed by atoms with E-state index in [1.165, 1.54) is 0 Å². The Hall–Kier alpha value is 0.110. The monoisotopic (exact) mass is 178 g/mol. The minimum atomic E-state index is -0.153. The Balaban J connectivity index is 2.32. The van der Waals surface area contributed by atoms with Gasteiger partial charge in [-0.15, -0.1) is 0 Å². The Morgan fingerprint density at radius 2 is 2.50 bits per heavy atom. The summed E-state index contributed by atoms with van der Waals surface area (Å²) in [6.45, 7) is 0.670. The van der Waals surface area contributed by atoms with E-state index in [1.807, 2.05) is 0 Å². The third-order valence-corrected chi connectivity index (χ3v) is 1.77. The lowest BCUT2D eigenvalue weighted by molar-refractivity contribution is -0.115. The number of aldehydes is 1. The average molecular weight is 179 g/mol. The molecule has 1 aliphatic rings. The number of carbonyl (C=O) groups excluding carboxylic acids is 1. The summed E-state index contributed by atoms with van der Waals surface area (Å²) in [6.07, 6.45) is 1.52. The van der Waals surface area contributed by atoms with Crippen LogP contribution in [0.5, 0.6) is 0 Å². The molecule has 1 rings (SSSR count). The van der Waals surface area contributed by atoms with Gasteiger partial charge in [0.15, 0.2) is 0 Å². The summed E-state index contributed by atoms with van der Waals surface area (Å²) in [4.78, 5) is 10.4. The third kappa shape index (κ3) is 1.29. The van der Waals surface area contributed by atoms with Crippen LogP contribution in [0.25, 0.3) is 0 Å². The Labute approximate surface area is 56.3 Å². The van der Waals surface area contributed by atoms with Crippen LogP contribution in [0.4, 0.5) is 0 Å². The van der Waals surface area contributed by atoms with Crippen LogP contribution in [-0.2, 0) is 9.53 Å². The molecule has 0 aromatic rings. The van der Waals surface area contributed by atoms with E-state index in [0.717, 1.165) is 12.7 Å². The fraction of sp³-hybridized carbons (Fsp3) is 0.800. The lowest BCUT2D eigenvalue weighted by Gasteiger charge is -1.93. The first-order valence-electron chi connectivity index (χ1n) is 2.54. The molecule has 8 heavy (non-hydrogen) atoms. The molecule has 1 aliphatic heterocycles. The topological polar surface area (TPSA) is 26.3 Å². The molecule has 46 valence electrons. The van der Waals surface area contributed by atoms with Crippen molar-refractivity contribution in [3.63, 3.8) is 0 Å². The van der Waals surface area contributed by atoms with Gasteiger partial charge in [0.1, 0.15) is 12.4 Å². The van der Waals surface area contributed by atoms with E-state index in [0.29, 0.717) is 11.4 Å². The summed E-state index contributed by atoms with van der Waals surface area (Å²) in [6, 6.07) is 0. The molecule has 2 unspecified atom stereocenters. The van der Waals surface area contributed by atoms with Gasteiger partial charge in [-0.1, -0.05) is 15.9 Å². The number of rotatable bonds is 1. The van der Waals surface area contributed by atoms with E-state index in [2.05, 4.69) is 15.9 Å². The average Bonchev–Trinajstić information content (AvgIpc) is 2.14. The summed E-state index contributed by atoms with van der Waals surface area (Å²) in [5.41, 5.74) is 0. The SMILES string of the molecule is O=CC1CC(Br)CO1. The van der Waals surface area contributed by atoms with Crippen molar-refractivity contribution in [2.24, 2.45) is 0 Å². The van der Waals surface area contributed by atoms with Crippen molar-refractivity contribution in [3.05, 3.63) is 0 Å². The Morgan fingerprint density at radius 3 is 2.75 bits per heavy atom. The van der Waals surface area contributed by atoms with Crippen molar-refractivity contribution in [2.45, 2.75) is 17.4 Å². The summed E-state index contributed by atoms with van der Waals surface area (Å²) in [5.74, 6) is 0. The van der Waals surface area contributed by atoms with E-state index >= 15 is 0 Å². The summed E-state index contributed by atoms with van der Waals surface area (Å²) in [5, 5.41) is 0. The molecule has 0 amide bonds. The van der Waals surface area contributed by atoms with Crippen LogP contribution < -0.4 is 0 Å². The molecule has 3 heteroatoms. The second kappa shape index (κ2) is 2.60. The van der Waals surface area contributed by atoms with Crippen LogP contribution in [0.1, 0.15) is 6.42 Å². The van der Waals surface area contributed by atoms with Crippen molar-refractivity contribution >= 4 is 22.2 Å². The number of alkyl halides is 1. The number of halogens is 1. The molecule has 0 aromatic heterocycles. The molecule has 0 aliphatic carbocycles. The molecule has 0 spiro atoms. The Morgan fingerprint density at radius 1 is 1.75 bits per heavy atom. The molecule has 1 fully saturated rings. The first-order chi connectivity index (χ1) is 3.83. The zero-order chi connectivity index (χ0) is 5.98. The van der Waals surface area contributed by atoms with Crippen LogP contribution in [0.3, 0.4) is 0 Å². The molecule has 1 heterocycles. The third-order valence-electron chi connectivity index (χ3n) is 1.13. The molecular weight excluding hydrogens is 172 g/mol. The number of hydrogen-bond donors (Lipinski definition) is 0. The second-order valence-electron chi connectivity index (χ2n) is 1.84. The molecule has 0 aromatic carbocycles. The quantitative estimate of drug-likeness (QED) is 0.438. The molecule has 0 bridgehead atoms. The van der Waals surface area contributed by atoms with Crippen molar-refractivity contribution in [1.29, 1.82) is 0 Å². The standard InChI is InChI=1S/C5H7BrO2/c6-4-1-5(2-7)8-3-4/h2,4-5H,1,3H2. The van der Waals surface area contributed by atoms with Gasteiger partial charge in [0, 0.05) is 4.83 Å². The predicted molar refractivity (Wildman–Crippen MR) is 33.1 cm³/mol. The van der Waals surface area contributed by atoms with Crippen LogP contribution in [0.2, 0.25) is 0 Å². The predicted octanol–water partition coefficient (Wildman–Crippen LogP) is 0.738. The van der Waals surface area contributed by atoms with Crippen molar-refractivity contribution < 1.29 is 9.53 Å². The van der Waals surface area contributed by atoms with Gasteiger partial charge >= 0.3 is 0 Å². The fourth-order valence-corrected chi connectivity index (χ4v) is 1.23. The van der Waals surface area contributed by atoms with Crippen LogP contribution in [0.15, 0.2) is 0 Å². The second-order valence-corrected chi connectivity index (χ2v) is 3.14. The minimum Gasteiger partial charge on any atom is -0.370 e. The summed E-state index contributed by atoms with van der Waals surface area (Å²) < 4.78 is 5.00. The van der Waals surface area contributed by atoms with Gasteiger partial charge in [-0.25, -0.2) is 0 Å². The highest BCUT2D eigenvalue weighted by molar-refractivity contribution is 9.09. The van der Waals surface area contributed by atoms with Crippen LogP contribution in [-0.4, -0.2) is 23.8 Å². The number of carbonyl (C=O) groups is 1. The molecule has 2 atom stereocenters. The highest BCUT2D eigenvalue weighted by atomic mass is 79.9. The maximum atomic E-state index is 10.0. The van der Waals surface area contributed by atoms with Crippen molar-refractivity contribution in [3.8, 4) is 0 Å². The lowest BCUT2D eigenvalue weighted by Crippen LogP contribution is -2.04. The van der Waals surface area contributed by atoms with E-state index in [-0.39, 0.29) is 6.10 Å². The first kappa shape index (κ1) is 6.23. The highest BCUT2D eigenvalue weighted by Crippen LogP contribution is 2.17. The van der Waals surface area contributed by atoms with Gasteiger partial charge in [-0.05, 0) is 6.42 Å². The van der Waals surface area contributed by atoms with Gasteiger partial charge in [-0.3, -0.25) is 0 Å².